The molecular formula is C19H23N5O2S. The van der Waals surface area contributed by atoms with Gasteiger partial charge in [0, 0.05) is 42.7 Å². The number of aromatic nitrogens is 3. The van der Waals surface area contributed by atoms with E-state index in [9.17, 15) is 4.79 Å². The number of aryl methyl sites for hydroxylation is 1. The van der Waals surface area contributed by atoms with Crippen molar-refractivity contribution < 1.29 is 9.53 Å². The van der Waals surface area contributed by atoms with Gasteiger partial charge in [-0.25, -0.2) is 15.0 Å². The Labute approximate surface area is 162 Å². The number of carbonyl (C=O) groups is 1. The Hall–Kier alpha value is -2.06. The van der Waals surface area contributed by atoms with Crippen molar-refractivity contribution in [3.8, 4) is 0 Å². The highest BCUT2D eigenvalue weighted by atomic mass is 32.1. The summed E-state index contributed by atoms with van der Waals surface area (Å²) in [6, 6.07) is 0.367. The molecule has 2 bridgehead atoms. The third-order valence-electron chi connectivity index (χ3n) is 5.76. The van der Waals surface area contributed by atoms with Gasteiger partial charge in [-0.3, -0.25) is 4.79 Å². The van der Waals surface area contributed by atoms with Crippen LogP contribution in [0.5, 0.6) is 0 Å². The highest BCUT2D eigenvalue weighted by Gasteiger charge is 2.43. The van der Waals surface area contributed by atoms with Gasteiger partial charge in [-0.1, -0.05) is 0 Å². The molecule has 142 valence electrons. The molecule has 0 aromatic carbocycles. The van der Waals surface area contributed by atoms with Crippen LogP contribution in [-0.4, -0.2) is 58.1 Å². The number of hydrogen-bond acceptors (Lipinski definition) is 7. The number of amides is 1. The molecule has 27 heavy (non-hydrogen) atoms. The Morgan fingerprint density at radius 1 is 1.30 bits per heavy atom. The number of morpholine rings is 1. The molecule has 1 amide bonds. The van der Waals surface area contributed by atoms with Gasteiger partial charge < -0.3 is 14.5 Å². The number of hydrogen-bond donors (Lipinski definition) is 0. The number of rotatable bonds is 3. The fourth-order valence-electron chi connectivity index (χ4n) is 4.50. The van der Waals surface area contributed by atoms with Crippen molar-refractivity contribution in [2.24, 2.45) is 0 Å². The van der Waals surface area contributed by atoms with Crippen molar-refractivity contribution in [3.05, 3.63) is 33.5 Å². The lowest BCUT2D eigenvalue weighted by Gasteiger charge is -2.36. The first kappa shape index (κ1) is 17.1. The second-order valence-electron chi connectivity index (χ2n) is 7.46. The Morgan fingerprint density at radius 3 is 2.93 bits per heavy atom. The maximum absolute atomic E-state index is 13.0. The van der Waals surface area contributed by atoms with Crippen LogP contribution in [0.3, 0.4) is 0 Å². The molecular weight excluding hydrogens is 362 g/mol. The zero-order valence-corrected chi connectivity index (χ0v) is 16.2. The van der Waals surface area contributed by atoms with Crippen molar-refractivity contribution in [1.29, 1.82) is 0 Å². The standard InChI is InChI=1S/C19H23N5O2S/c1-12-21-13(11-27-12)8-18(25)24-14-2-3-17(24)15-10-20-19(22-16(15)9-14)23-4-6-26-7-5-23/h10-11,14,17H,2-9H2,1H3. The Morgan fingerprint density at radius 2 is 2.15 bits per heavy atom. The molecule has 5 rings (SSSR count). The summed E-state index contributed by atoms with van der Waals surface area (Å²) >= 11 is 1.60. The summed E-state index contributed by atoms with van der Waals surface area (Å²) in [5.41, 5.74) is 3.13. The van der Waals surface area contributed by atoms with Gasteiger partial charge >= 0.3 is 0 Å². The van der Waals surface area contributed by atoms with E-state index in [1.165, 1.54) is 0 Å². The normalized spacial score (nSPS) is 24.2. The number of fused-ring (bicyclic) bond motifs is 4. The number of anilines is 1. The molecule has 5 heterocycles. The number of nitrogens with zero attached hydrogens (tertiary/aromatic N) is 5. The summed E-state index contributed by atoms with van der Waals surface area (Å²) in [5.74, 6) is 0.977. The molecule has 2 aromatic rings. The summed E-state index contributed by atoms with van der Waals surface area (Å²) < 4.78 is 5.42. The minimum Gasteiger partial charge on any atom is -0.378 e. The molecule has 8 heteroatoms. The molecule has 3 aliphatic rings. The van der Waals surface area contributed by atoms with E-state index in [1.807, 2.05) is 18.5 Å². The average Bonchev–Trinajstić information content (AvgIpc) is 3.24. The van der Waals surface area contributed by atoms with Crippen LogP contribution in [0, 0.1) is 6.92 Å². The second kappa shape index (κ2) is 6.83. The fraction of sp³-hybridized carbons (Fsp3) is 0.579. The molecule has 2 fully saturated rings. The predicted octanol–water partition coefficient (Wildman–Crippen LogP) is 1.91. The number of ether oxygens (including phenoxy) is 1. The van der Waals surface area contributed by atoms with Crippen LogP contribution >= 0.6 is 11.3 Å². The van der Waals surface area contributed by atoms with Crippen molar-refractivity contribution in [1.82, 2.24) is 19.9 Å². The first-order chi connectivity index (χ1) is 13.2. The monoisotopic (exact) mass is 385 g/mol. The largest absolute Gasteiger partial charge is 0.378 e. The summed E-state index contributed by atoms with van der Waals surface area (Å²) in [6.45, 7) is 5.10. The average molecular weight is 385 g/mol. The van der Waals surface area contributed by atoms with E-state index in [0.717, 1.165) is 73.5 Å². The van der Waals surface area contributed by atoms with Gasteiger partial charge in [-0.05, 0) is 19.8 Å². The van der Waals surface area contributed by atoms with E-state index in [-0.39, 0.29) is 18.0 Å². The summed E-state index contributed by atoms with van der Waals surface area (Å²) in [7, 11) is 0. The lowest BCUT2D eigenvalue weighted by Crippen LogP contribution is -2.43. The molecule has 2 atom stereocenters. The van der Waals surface area contributed by atoms with Crippen molar-refractivity contribution in [2.45, 2.75) is 44.7 Å². The SMILES string of the molecule is Cc1nc(CC(=O)N2C3CCC2c2cnc(N4CCOCC4)nc2C3)cs1. The minimum absolute atomic E-state index is 0.115. The van der Waals surface area contributed by atoms with Crippen LogP contribution in [0.2, 0.25) is 0 Å². The molecule has 0 N–H and O–H groups in total. The van der Waals surface area contributed by atoms with Crippen molar-refractivity contribution in [3.63, 3.8) is 0 Å². The maximum Gasteiger partial charge on any atom is 0.229 e. The van der Waals surface area contributed by atoms with E-state index in [0.29, 0.717) is 6.42 Å². The van der Waals surface area contributed by atoms with Crippen LogP contribution in [-0.2, 0) is 22.4 Å². The fourth-order valence-corrected chi connectivity index (χ4v) is 5.11. The van der Waals surface area contributed by atoms with Gasteiger partial charge in [0.1, 0.15) is 0 Å². The molecule has 0 aliphatic carbocycles. The van der Waals surface area contributed by atoms with Crippen molar-refractivity contribution >= 4 is 23.2 Å². The lowest BCUT2D eigenvalue weighted by atomic mass is 9.98. The molecule has 2 saturated heterocycles. The molecule has 0 spiro atoms. The number of thiazole rings is 1. The minimum atomic E-state index is 0.115. The third-order valence-corrected chi connectivity index (χ3v) is 6.58. The summed E-state index contributed by atoms with van der Waals surface area (Å²) in [5, 5.41) is 3.00. The first-order valence-corrected chi connectivity index (χ1v) is 10.5. The van der Waals surface area contributed by atoms with E-state index >= 15 is 0 Å². The van der Waals surface area contributed by atoms with Gasteiger partial charge in [0.05, 0.1) is 42.1 Å². The lowest BCUT2D eigenvalue weighted by molar-refractivity contribution is -0.134. The van der Waals surface area contributed by atoms with Crippen LogP contribution in [0.15, 0.2) is 11.6 Å². The Kier molecular flexibility index (Phi) is 4.32. The molecule has 2 unspecified atom stereocenters. The van der Waals surface area contributed by atoms with E-state index in [4.69, 9.17) is 9.72 Å². The third kappa shape index (κ3) is 3.10. The van der Waals surface area contributed by atoms with Crippen LogP contribution in [0.1, 0.15) is 40.8 Å². The topological polar surface area (TPSA) is 71.5 Å². The molecule has 2 aromatic heterocycles. The number of carbonyl (C=O) groups excluding carboxylic acids is 1. The smallest absolute Gasteiger partial charge is 0.229 e. The summed E-state index contributed by atoms with van der Waals surface area (Å²) in [6.07, 6.45) is 5.20. The maximum atomic E-state index is 13.0. The predicted molar refractivity (Wildman–Crippen MR) is 102 cm³/mol. The zero-order valence-electron chi connectivity index (χ0n) is 15.4. The van der Waals surface area contributed by atoms with E-state index in [2.05, 4.69) is 19.8 Å². The van der Waals surface area contributed by atoms with E-state index < -0.39 is 0 Å². The first-order valence-electron chi connectivity index (χ1n) is 9.60. The molecule has 0 radical (unpaired) electrons. The van der Waals surface area contributed by atoms with Gasteiger partial charge in [0.2, 0.25) is 11.9 Å². The van der Waals surface area contributed by atoms with Gasteiger partial charge in [0.25, 0.3) is 0 Å². The molecule has 0 saturated carbocycles. The van der Waals surface area contributed by atoms with Gasteiger partial charge in [-0.15, -0.1) is 11.3 Å². The second-order valence-corrected chi connectivity index (χ2v) is 8.52. The van der Waals surface area contributed by atoms with E-state index in [1.54, 1.807) is 11.3 Å². The molecule has 3 aliphatic heterocycles. The zero-order chi connectivity index (χ0) is 18.4. The molecule has 7 nitrogen and oxygen atoms in total. The van der Waals surface area contributed by atoms with Crippen LogP contribution < -0.4 is 4.90 Å². The highest BCUT2D eigenvalue weighted by Crippen LogP contribution is 2.43. The quantitative estimate of drug-likeness (QED) is 0.804. The Balaban J connectivity index is 1.37. The Bertz CT molecular complexity index is 864. The van der Waals surface area contributed by atoms with Crippen LogP contribution in [0.4, 0.5) is 5.95 Å². The highest BCUT2D eigenvalue weighted by molar-refractivity contribution is 7.09. The van der Waals surface area contributed by atoms with Crippen LogP contribution in [0.25, 0.3) is 0 Å². The van der Waals surface area contributed by atoms with Gasteiger partial charge in [-0.2, -0.15) is 0 Å². The van der Waals surface area contributed by atoms with Gasteiger partial charge in [0.15, 0.2) is 0 Å². The van der Waals surface area contributed by atoms with Crippen molar-refractivity contribution in [2.75, 3.05) is 31.2 Å². The summed E-state index contributed by atoms with van der Waals surface area (Å²) in [4.78, 5) is 31.2.